The summed E-state index contributed by atoms with van der Waals surface area (Å²) in [4.78, 5) is 15.5. The van der Waals surface area contributed by atoms with E-state index in [0.717, 1.165) is 22.4 Å². The topological polar surface area (TPSA) is 48.0 Å². The maximum absolute atomic E-state index is 13.7. The Balaban J connectivity index is 1.99. The van der Waals surface area contributed by atoms with E-state index in [4.69, 9.17) is 14.2 Å². The third kappa shape index (κ3) is 5.30. The van der Waals surface area contributed by atoms with Crippen LogP contribution >= 0.6 is 0 Å². The lowest BCUT2D eigenvalue weighted by molar-refractivity contribution is -0.125. The molecule has 5 nitrogen and oxygen atoms in total. The smallest absolute Gasteiger partial charge is 0.254 e. The highest BCUT2D eigenvalue weighted by molar-refractivity contribution is 6.24. The number of rotatable bonds is 9. The number of hydrogen-bond acceptors (Lipinski definition) is 4. The number of likely N-dealkylation sites (N-methyl/N-ethyl adjacent to an activating group) is 1. The molecule has 0 aliphatic carbocycles. The first-order valence-corrected chi connectivity index (χ1v) is 10.5. The van der Waals surface area contributed by atoms with Gasteiger partial charge in [-0.25, -0.2) is 0 Å². The van der Waals surface area contributed by atoms with Gasteiger partial charge in [-0.15, -0.1) is 0 Å². The molecule has 32 heavy (non-hydrogen) atoms. The van der Waals surface area contributed by atoms with Gasteiger partial charge < -0.3 is 19.1 Å². The molecule has 0 spiro atoms. The molecule has 1 amide bonds. The highest BCUT2D eigenvalue weighted by Gasteiger charge is 2.20. The molecule has 0 saturated carbocycles. The zero-order valence-electron chi connectivity index (χ0n) is 19.0. The summed E-state index contributed by atoms with van der Waals surface area (Å²) in [6.45, 7) is 2.99. The van der Waals surface area contributed by atoms with E-state index in [0.29, 0.717) is 30.2 Å². The average Bonchev–Trinajstić information content (AvgIpc) is 2.85. The largest absolute Gasteiger partial charge is 0.496 e. The SMILES string of the molecule is CCN(Cc1ccc(OC)c(OC)c1)C(=O)/C(=C/c1ccccc1OC)c1ccccc1. The Hall–Kier alpha value is -3.73. The van der Waals surface area contributed by atoms with E-state index in [1.807, 2.05) is 90.7 Å². The second-order valence-electron chi connectivity index (χ2n) is 7.17. The number of nitrogens with zero attached hydrogens (tertiary/aromatic N) is 1. The quantitative estimate of drug-likeness (QED) is 0.341. The van der Waals surface area contributed by atoms with Gasteiger partial charge in [0.05, 0.1) is 21.3 Å². The van der Waals surface area contributed by atoms with Crippen LogP contribution in [0.25, 0.3) is 11.6 Å². The molecule has 0 radical (unpaired) electrons. The van der Waals surface area contributed by atoms with Crippen LogP contribution in [-0.2, 0) is 11.3 Å². The second-order valence-corrected chi connectivity index (χ2v) is 7.17. The fraction of sp³-hybridized carbons (Fsp3) is 0.222. The summed E-state index contributed by atoms with van der Waals surface area (Å²) in [5.74, 6) is 1.96. The van der Waals surface area contributed by atoms with Gasteiger partial charge in [0.15, 0.2) is 11.5 Å². The lowest BCUT2D eigenvalue weighted by atomic mass is 10.0. The predicted octanol–water partition coefficient (Wildman–Crippen LogP) is 5.30. The summed E-state index contributed by atoms with van der Waals surface area (Å²) in [6, 6.07) is 23.1. The van der Waals surface area contributed by atoms with Gasteiger partial charge in [-0.3, -0.25) is 4.79 Å². The van der Waals surface area contributed by atoms with Crippen molar-refractivity contribution < 1.29 is 19.0 Å². The molecule has 0 bridgehead atoms. The maximum atomic E-state index is 13.7. The second kappa shape index (κ2) is 11.0. The zero-order valence-corrected chi connectivity index (χ0v) is 19.0. The molecule has 3 aromatic rings. The van der Waals surface area contributed by atoms with Crippen LogP contribution in [0, 0.1) is 0 Å². The minimum Gasteiger partial charge on any atom is -0.496 e. The molecule has 5 heteroatoms. The van der Waals surface area contributed by atoms with Gasteiger partial charge in [0.1, 0.15) is 5.75 Å². The first-order valence-electron chi connectivity index (χ1n) is 10.5. The number of amides is 1. The van der Waals surface area contributed by atoms with E-state index in [-0.39, 0.29) is 5.91 Å². The van der Waals surface area contributed by atoms with E-state index in [9.17, 15) is 4.79 Å². The van der Waals surface area contributed by atoms with E-state index in [1.165, 1.54) is 0 Å². The van der Waals surface area contributed by atoms with E-state index in [1.54, 1.807) is 21.3 Å². The summed E-state index contributed by atoms with van der Waals surface area (Å²) in [7, 11) is 4.84. The predicted molar refractivity (Wildman–Crippen MR) is 128 cm³/mol. The fourth-order valence-corrected chi connectivity index (χ4v) is 3.52. The summed E-state index contributed by atoms with van der Waals surface area (Å²) < 4.78 is 16.2. The molecule has 0 aliphatic heterocycles. The number of carbonyl (C=O) groups excluding carboxylic acids is 1. The van der Waals surface area contributed by atoms with Crippen LogP contribution in [0.1, 0.15) is 23.6 Å². The van der Waals surface area contributed by atoms with Crippen molar-refractivity contribution in [2.24, 2.45) is 0 Å². The minimum atomic E-state index is -0.0561. The lowest BCUT2D eigenvalue weighted by Crippen LogP contribution is -2.31. The van der Waals surface area contributed by atoms with Crippen molar-refractivity contribution in [1.29, 1.82) is 0 Å². The molecular weight excluding hydrogens is 402 g/mol. The van der Waals surface area contributed by atoms with Crippen LogP contribution in [0.5, 0.6) is 17.2 Å². The molecule has 3 rings (SSSR count). The van der Waals surface area contributed by atoms with Gasteiger partial charge in [0, 0.05) is 24.2 Å². The molecule has 0 heterocycles. The van der Waals surface area contributed by atoms with E-state index >= 15 is 0 Å². The van der Waals surface area contributed by atoms with Crippen LogP contribution in [0.15, 0.2) is 72.8 Å². The molecule has 166 valence electrons. The summed E-state index contributed by atoms with van der Waals surface area (Å²) in [6.07, 6.45) is 1.90. The van der Waals surface area contributed by atoms with Crippen molar-refractivity contribution in [3.8, 4) is 17.2 Å². The van der Waals surface area contributed by atoms with Gasteiger partial charge in [0.2, 0.25) is 0 Å². The van der Waals surface area contributed by atoms with Crippen molar-refractivity contribution in [3.05, 3.63) is 89.5 Å². The Morgan fingerprint density at radius 2 is 1.47 bits per heavy atom. The molecule has 0 atom stereocenters. The van der Waals surface area contributed by atoms with Gasteiger partial charge in [-0.1, -0.05) is 54.6 Å². The first-order chi connectivity index (χ1) is 15.6. The van der Waals surface area contributed by atoms with Gasteiger partial charge in [-0.2, -0.15) is 0 Å². The van der Waals surface area contributed by atoms with Gasteiger partial charge in [0.25, 0.3) is 5.91 Å². The molecule has 0 N–H and O–H groups in total. The van der Waals surface area contributed by atoms with E-state index in [2.05, 4.69) is 0 Å². The van der Waals surface area contributed by atoms with Crippen molar-refractivity contribution in [2.45, 2.75) is 13.5 Å². The first kappa shape index (κ1) is 22.9. The van der Waals surface area contributed by atoms with Crippen molar-refractivity contribution >= 4 is 17.6 Å². The Bertz CT molecular complexity index is 1080. The summed E-state index contributed by atoms with van der Waals surface area (Å²) in [5.41, 5.74) is 3.28. The molecule has 0 fully saturated rings. The van der Waals surface area contributed by atoms with Gasteiger partial charge >= 0.3 is 0 Å². The minimum absolute atomic E-state index is 0.0561. The zero-order chi connectivity index (χ0) is 22.9. The Labute approximate surface area is 189 Å². The maximum Gasteiger partial charge on any atom is 0.254 e. The number of ether oxygens (including phenoxy) is 3. The standard InChI is InChI=1S/C27H29NO4/c1-5-28(19-20-15-16-25(31-3)26(17-20)32-4)27(29)23(21-11-7-6-8-12-21)18-22-13-9-10-14-24(22)30-2/h6-18H,5,19H2,1-4H3/b23-18+. The third-order valence-corrected chi connectivity index (χ3v) is 5.24. The van der Waals surface area contributed by atoms with Crippen molar-refractivity contribution in [3.63, 3.8) is 0 Å². The summed E-state index contributed by atoms with van der Waals surface area (Å²) in [5, 5.41) is 0. The molecule has 0 aromatic heterocycles. The number of para-hydroxylation sites is 1. The third-order valence-electron chi connectivity index (χ3n) is 5.24. The molecule has 0 saturated heterocycles. The number of methoxy groups -OCH3 is 3. The molecular formula is C27H29NO4. The Morgan fingerprint density at radius 3 is 2.12 bits per heavy atom. The normalized spacial score (nSPS) is 11.1. The lowest BCUT2D eigenvalue weighted by Gasteiger charge is -2.23. The number of benzene rings is 3. The van der Waals surface area contributed by atoms with Crippen molar-refractivity contribution in [2.75, 3.05) is 27.9 Å². The van der Waals surface area contributed by atoms with Crippen LogP contribution < -0.4 is 14.2 Å². The monoisotopic (exact) mass is 431 g/mol. The molecule has 0 aliphatic rings. The number of carbonyl (C=O) groups is 1. The fourth-order valence-electron chi connectivity index (χ4n) is 3.52. The Kier molecular flexibility index (Phi) is 7.92. The van der Waals surface area contributed by atoms with Crippen LogP contribution in [-0.4, -0.2) is 38.7 Å². The average molecular weight is 432 g/mol. The van der Waals surface area contributed by atoms with Crippen LogP contribution in [0.4, 0.5) is 0 Å². The van der Waals surface area contributed by atoms with Gasteiger partial charge in [-0.05, 0) is 42.3 Å². The highest BCUT2D eigenvalue weighted by Crippen LogP contribution is 2.30. The van der Waals surface area contributed by atoms with Crippen LogP contribution in [0.3, 0.4) is 0 Å². The molecule has 3 aromatic carbocycles. The van der Waals surface area contributed by atoms with Crippen LogP contribution in [0.2, 0.25) is 0 Å². The Morgan fingerprint density at radius 1 is 0.812 bits per heavy atom. The summed E-state index contributed by atoms with van der Waals surface area (Å²) >= 11 is 0. The van der Waals surface area contributed by atoms with E-state index < -0.39 is 0 Å². The number of hydrogen-bond donors (Lipinski definition) is 0. The highest BCUT2D eigenvalue weighted by atomic mass is 16.5. The van der Waals surface area contributed by atoms with Crippen molar-refractivity contribution in [1.82, 2.24) is 4.90 Å². The molecule has 0 unspecified atom stereocenters.